The first kappa shape index (κ1) is 7.86. The van der Waals surface area contributed by atoms with Crippen LogP contribution in [0.15, 0.2) is 23.0 Å². The Morgan fingerprint density at radius 1 is 1.54 bits per heavy atom. The number of nitrogens with one attached hydrogen (secondary N) is 1. The fraction of sp³-hybridized carbons (Fsp3) is 0.100. The Balaban J connectivity index is 2.96. The molecule has 0 saturated carbocycles. The largest absolute Gasteiger partial charge is 0.494 e. The van der Waals surface area contributed by atoms with Crippen molar-refractivity contribution in [2.24, 2.45) is 0 Å². The molecule has 0 spiro atoms. The molecule has 0 unspecified atom stereocenters. The molecule has 1 aromatic rings. The highest BCUT2D eigenvalue weighted by atomic mass is 16.3. The Hall–Kier alpha value is -1.77. The van der Waals surface area contributed by atoms with Gasteiger partial charge < -0.3 is 5.11 Å². The minimum Gasteiger partial charge on any atom is -0.494 e. The molecule has 0 fully saturated rings. The van der Waals surface area contributed by atoms with Gasteiger partial charge in [-0.2, -0.15) is 0 Å². The molecule has 1 aromatic heterocycles. The third-order valence-electron chi connectivity index (χ3n) is 2.02. The van der Waals surface area contributed by atoms with Gasteiger partial charge in [0, 0.05) is 11.3 Å². The standard InChI is InChI=1S/C10H9NO2/c1-6-2-3-8-7(4-6)5-9(12)11-10(8)13/h3-5,12H,1-2H2,(H,11,13). The van der Waals surface area contributed by atoms with Crippen LogP contribution in [0.1, 0.15) is 6.42 Å². The first-order valence-electron chi connectivity index (χ1n) is 3.99. The molecule has 1 aliphatic rings. The molecule has 0 atom stereocenters. The first-order chi connectivity index (χ1) is 6.16. The van der Waals surface area contributed by atoms with E-state index in [0.717, 1.165) is 10.8 Å². The molecule has 3 heteroatoms. The summed E-state index contributed by atoms with van der Waals surface area (Å²) in [5.41, 5.74) is 0.691. The number of allylic oxidation sites excluding steroid dienone is 1. The number of rotatable bonds is 0. The van der Waals surface area contributed by atoms with Gasteiger partial charge in [-0.25, -0.2) is 0 Å². The molecule has 2 N–H and O–H groups in total. The van der Waals surface area contributed by atoms with E-state index in [9.17, 15) is 4.79 Å². The predicted molar refractivity (Wildman–Crippen MR) is 50.7 cm³/mol. The summed E-state index contributed by atoms with van der Waals surface area (Å²) in [7, 11) is 0. The van der Waals surface area contributed by atoms with Crippen molar-refractivity contribution in [3.63, 3.8) is 0 Å². The van der Waals surface area contributed by atoms with Gasteiger partial charge in [0.05, 0.1) is 0 Å². The number of H-pyrrole nitrogens is 1. The van der Waals surface area contributed by atoms with Gasteiger partial charge in [0.1, 0.15) is 0 Å². The van der Waals surface area contributed by atoms with E-state index in [1.54, 1.807) is 0 Å². The second-order valence-electron chi connectivity index (χ2n) is 3.06. The van der Waals surface area contributed by atoms with Gasteiger partial charge in [-0.15, -0.1) is 0 Å². The minimum atomic E-state index is -0.251. The van der Waals surface area contributed by atoms with Crippen molar-refractivity contribution in [3.8, 4) is 5.88 Å². The SMILES string of the molecule is C=C1C=c2cc(O)[nH]c(=O)c2=CC1. The zero-order valence-corrected chi connectivity index (χ0v) is 7.00. The van der Waals surface area contributed by atoms with Gasteiger partial charge >= 0.3 is 0 Å². The van der Waals surface area contributed by atoms with Gasteiger partial charge in [-0.3, -0.25) is 9.78 Å². The molecular formula is C10H9NO2. The van der Waals surface area contributed by atoms with E-state index in [1.807, 2.05) is 12.2 Å². The number of hydrogen-bond acceptors (Lipinski definition) is 2. The molecule has 0 radical (unpaired) electrons. The Morgan fingerprint density at radius 3 is 3.08 bits per heavy atom. The van der Waals surface area contributed by atoms with Gasteiger partial charge in [-0.05, 0) is 11.6 Å². The number of pyridine rings is 1. The normalized spacial score (nSPS) is 14.3. The number of aromatic nitrogens is 1. The molecule has 1 heterocycles. The lowest BCUT2D eigenvalue weighted by molar-refractivity contribution is 0.450. The Bertz CT molecular complexity index is 537. The minimum absolute atomic E-state index is 0.108. The summed E-state index contributed by atoms with van der Waals surface area (Å²) >= 11 is 0. The highest BCUT2D eigenvalue weighted by Gasteiger charge is 2.01. The molecule has 0 aromatic carbocycles. The van der Waals surface area contributed by atoms with Crippen molar-refractivity contribution in [3.05, 3.63) is 39.0 Å². The average Bonchev–Trinajstić information content (AvgIpc) is 2.02. The number of aromatic amines is 1. The summed E-state index contributed by atoms with van der Waals surface area (Å²) in [5.74, 6) is -0.108. The van der Waals surface area contributed by atoms with Crippen LogP contribution in [0, 0.1) is 0 Å². The van der Waals surface area contributed by atoms with Crippen LogP contribution < -0.4 is 16.0 Å². The van der Waals surface area contributed by atoms with Crippen LogP contribution >= 0.6 is 0 Å². The first-order valence-corrected chi connectivity index (χ1v) is 3.99. The van der Waals surface area contributed by atoms with Gasteiger partial charge in [0.25, 0.3) is 5.56 Å². The smallest absolute Gasteiger partial charge is 0.258 e. The van der Waals surface area contributed by atoms with Crippen LogP contribution in [0.4, 0.5) is 0 Å². The number of fused-ring (bicyclic) bond motifs is 1. The van der Waals surface area contributed by atoms with E-state index in [2.05, 4.69) is 11.6 Å². The van der Waals surface area contributed by atoms with Crippen LogP contribution in [0.5, 0.6) is 5.88 Å². The van der Waals surface area contributed by atoms with Crippen molar-refractivity contribution < 1.29 is 5.11 Å². The molecule has 0 amide bonds. The van der Waals surface area contributed by atoms with Crippen LogP contribution in [0.25, 0.3) is 12.2 Å². The monoisotopic (exact) mass is 175 g/mol. The second kappa shape index (κ2) is 2.62. The molecule has 66 valence electrons. The lowest BCUT2D eigenvalue weighted by atomic mass is 10.1. The third kappa shape index (κ3) is 1.28. The van der Waals surface area contributed by atoms with Crippen LogP contribution in [0.3, 0.4) is 0 Å². The summed E-state index contributed by atoms with van der Waals surface area (Å²) in [4.78, 5) is 13.6. The zero-order valence-electron chi connectivity index (χ0n) is 7.00. The van der Waals surface area contributed by atoms with Crippen molar-refractivity contribution in [1.29, 1.82) is 0 Å². The lowest BCUT2D eigenvalue weighted by Crippen LogP contribution is -2.41. The average molecular weight is 175 g/mol. The Kier molecular flexibility index (Phi) is 1.59. The zero-order chi connectivity index (χ0) is 9.42. The number of aromatic hydroxyl groups is 1. The van der Waals surface area contributed by atoms with E-state index >= 15 is 0 Å². The van der Waals surface area contributed by atoms with Crippen molar-refractivity contribution in [1.82, 2.24) is 4.98 Å². The summed E-state index contributed by atoms with van der Waals surface area (Å²) in [5, 5.41) is 10.5. The highest BCUT2D eigenvalue weighted by Crippen LogP contribution is 2.02. The molecule has 0 bridgehead atoms. The molecule has 0 saturated heterocycles. The van der Waals surface area contributed by atoms with Crippen LogP contribution in [-0.4, -0.2) is 10.1 Å². The quantitative estimate of drug-likeness (QED) is 0.563. The maximum Gasteiger partial charge on any atom is 0.258 e. The number of hydrogen-bond donors (Lipinski definition) is 2. The summed E-state index contributed by atoms with van der Waals surface area (Å²) < 4.78 is 0. The molecule has 1 aliphatic carbocycles. The maximum absolute atomic E-state index is 11.3. The van der Waals surface area contributed by atoms with Gasteiger partial charge in [0.2, 0.25) is 0 Å². The topological polar surface area (TPSA) is 53.1 Å². The maximum atomic E-state index is 11.3. The predicted octanol–water partition coefficient (Wildman–Crippen LogP) is -0.399. The fourth-order valence-electron chi connectivity index (χ4n) is 1.42. The van der Waals surface area contributed by atoms with Crippen LogP contribution in [-0.2, 0) is 0 Å². The fourth-order valence-corrected chi connectivity index (χ4v) is 1.42. The van der Waals surface area contributed by atoms with Crippen LogP contribution in [0.2, 0.25) is 0 Å². The molecule has 13 heavy (non-hydrogen) atoms. The van der Waals surface area contributed by atoms with E-state index in [-0.39, 0.29) is 11.4 Å². The highest BCUT2D eigenvalue weighted by molar-refractivity contribution is 5.54. The Morgan fingerprint density at radius 2 is 2.31 bits per heavy atom. The third-order valence-corrected chi connectivity index (χ3v) is 2.02. The molecule has 2 rings (SSSR count). The molecular weight excluding hydrogens is 166 g/mol. The van der Waals surface area contributed by atoms with Crippen molar-refractivity contribution >= 4 is 12.2 Å². The summed E-state index contributed by atoms with van der Waals surface area (Å²) in [6.45, 7) is 3.79. The Labute approximate surface area is 74.4 Å². The second-order valence-corrected chi connectivity index (χ2v) is 3.06. The van der Waals surface area contributed by atoms with Gasteiger partial charge in [0.15, 0.2) is 5.88 Å². The van der Waals surface area contributed by atoms with E-state index in [1.165, 1.54) is 6.07 Å². The summed E-state index contributed by atoms with van der Waals surface area (Å²) in [6.07, 6.45) is 4.32. The van der Waals surface area contributed by atoms with E-state index in [4.69, 9.17) is 5.11 Å². The molecule has 3 nitrogen and oxygen atoms in total. The van der Waals surface area contributed by atoms with Crippen molar-refractivity contribution in [2.75, 3.05) is 0 Å². The van der Waals surface area contributed by atoms with Gasteiger partial charge in [-0.1, -0.05) is 24.3 Å². The lowest BCUT2D eigenvalue weighted by Gasteiger charge is -2.01. The van der Waals surface area contributed by atoms with E-state index < -0.39 is 0 Å². The molecule has 0 aliphatic heterocycles. The van der Waals surface area contributed by atoms with E-state index in [0.29, 0.717) is 11.6 Å². The van der Waals surface area contributed by atoms with Crippen molar-refractivity contribution in [2.45, 2.75) is 6.42 Å². The summed E-state index contributed by atoms with van der Waals surface area (Å²) in [6, 6.07) is 1.53.